The summed E-state index contributed by atoms with van der Waals surface area (Å²) in [6.07, 6.45) is -4.53. The average molecular weight is 617 g/mol. The Kier molecular flexibility index (Phi) is 10.4. The molecular formula is C29H28F4N6O5. The van der Waals surface area contributed by atoms with Crippen LogP contribution in [0.1, 0.15) is 34.1 Å². The van der Waals surface area contributed by atoms with Gasteiger partial charge in [-0.1, -0.05) is 47.7 Å². The Hall–Kier alpha value is -5.05. The highest BCUT2D eigenvalue weighted by atomic mass is 19.4. The first-order valence-electron chi connectivity index (χ1n) is 13.3. The fourth-order valence-corrected chi connectivity index (χ4v) is 4.19. The van der Waals surface area contributed by atoms with Gasteiger partial charge >= 0.3 is 6.36 Å². The Bertz CT molecular complexity index is 1630. The highest BCUT2D eigenvalue weighted by Crippen LogP contribution is 2.23. The molecule has 4 rings (SSSR count). The zero-order valence-electron chi connectivity index (χ0n) is 23.3. The quantitative estimate of drug-likeness (QED) is 0.217. The van der Waals surface area contributed by atoms with Crippen LogP contribution < -0.4 is 20.9 Å². The van der Waals surface area contributed by atoms with E-state index in [-0.39, 0.29) is 37.4 Å². The van der Waals surface area contributed by atoms with E-state index < -0.39 is 41.8 Å². The van der Waals surface area contributed by atoms with E-state index in [4.69, 9.17) is 4.74 Å². The number of rotatable bonds is 13. The van der Waals surface area contributed by atoms with E-state index in [0.717, 1.165) is 16.8 Å². The monoisotopic (exact) mass is 616 g/mol. The second-order valence-corrected chi connectivity index (χ2v) is 9.55. The van der Waals surface area contributed by atoms with Crippen molar-refractivity contribution in [3.05, 3.63) is 106 Å². The summed E-state index contributed by atoms with van der Waals surface area (Å²) in [6.45, 7) is -0.306. The van der Waals surface area contributed by atoms with Gasteiger partial charge in [0, 0.05) is 38.1 Å². The molecule has 0 saturated carbocycles. The molecule has 0 fully saturated rings. The normalized spacial score (nSPS) is 12.8. The molecule has 0 saturated heterocycles. The summed E-state index contributed by atoms with van der Waals surface area (Å²) >= 11 is 0. The van der Waals surface area contributed by atoms with E-state index in [1.54, 1.807) is 24.3 Å². The summed E-state index contributed by atoms with van der Waals surface area (Å²) in [4.78, 5) is 37.6. The molecule has 232 valence electrons. The lowest BCUT2D eigenvalue weighted by atomic mass is 10.1. The van der Waals surface area contributed by atoms with Crippen LogP contribution in [0.15, 0.2) is 83.9 Å². The van der Waals surface area contributed by atoms with E-state index in [0.29, 0.717) is 11.1 Å². The number of alkyl halides is 4. The molecule has 2 atom stereocenters. The van der Waals surface area contributed by atoms with E-state index in [1.807, 2.05) is 6.07 Å². The van der Waals surface area contributed by atoms with Crippen molar-refractivity contribution >= 4 is 17.5 Å². The second kappa shape index (κ2) is 14.4. The van der Waals surface area contributed by atoms with Crippen LogP contribution in [0.4, 0.5) is 23.2 Å². The summed E-state index contributed by atoms with van der Waals surface area (Å²) < 4.78 is 63.6. The summed E-state index contributed by atoms with van der Waals surface area (Å²) in [5, 5.41) is 12.6. The molecule has 0 bridgehead atoms. The van der Waals surface area contributed by atoms with Gasteiger partial charge in [-0.15, -0.1) is 18.3 Å². The maximum absolute atomic E-state index is 14.7. The van der Waals surface area contributed by atoms with Gasteiger partial charge in [-0.2, -0.15) is 0 Å². The Balaban J connectivity index is 1.25. The fraction of sp³-hybridized carbons (Fsp3) is 0.276. The lowest BCUT2D eigenvalue weighted by molar-refractivity contribution is -0.274. The number of benzene rings is 2. The highest BCUT2D eigenvalue weighted by Gasteiger charge is 2.31. The van der Waals surface area contributed by atoms with Gasteiger partial charge in [0.15, 0.2) is 11.8 Å². The number of ether oxygens (including phenoxy) is 2. The topological polar surface area (TPSA) is 129 Å². The van der Waals surface area contributed by atoms with Gasteiger partial charge in [-0.3, -0.25) is 14.4 Å². The molecule has 0 aliphatic rings. The van der Waals surface area contributed by atoms with Gasteiger partial charge in [-0.05, 0) is 35.7 Å². The van der Waals surface area contributed by atoms with Crippen molar-refractivity contribution in [2.24, 2.45) is 0 Å². The lowest BCUT2D eigenvalue weighted by Crippen LogP contribution is -2.25. The van der Waals surface area contributed by atoms with Crippen LogP contribution in [0.25, 0.3) is 0 Å². The fourth-order valence-electron chi connectivity index (χ4n) is 4.19. The third-order valence-corrected chi connectivity index (χ3v) is 6.26. The van der Waals surface area contributed by atoms with Crippen molar-refractivity contribution in [2.75, 3.05) is 12.4 Å². The van der Waals surface area contributed by atoms with Crippen molar-refractivity contribution in [1.29, 1.82) is 0 Å². The second-order valence-electron chi connectivity index (χ2n) is 9.55. The number of halogens is 4. The number of nitrogens with zero attached hydrogens (tertiary/aromatic N) is 4. The minimum absolute atomic E-state index is 0.0398. The van der Waals surface area contributed by atoms with Gasteiger partial charge in [-0.25, -0.2) is 9.07 Å². The molecule has 0 radical (unpaired) electrons. The van der Waals surface area contributed by atoms with Crippen molar-refractivity contribution < 1.29 is 36.6 Å². The smallest absolute Gasteiger partial charge is 0.406 e. The maximum Gasteiger partial charge on any atom is 0.573 e. The number of aromatic nitrogens is 4. The Morgan fingerprint density at radius 3 is 2.52 bits per heavy atom. The maximum atomic E-state index is 14.7. The van der Waals surface area contributed by atoms with Gasteiger partial charge < -0.3 is 24.7 Å². The van der Waals surface area contributed by atoms with Crippen LogP contribution in [-0.4, -0.2) is 51.0 Å². The molecule has 11 nitrogen and oxygen atoms in total. The predicted molar refractivity (Wildman–Crippen MR) is 149 cm³/mol. The number of amides is 2. The number of anilines is 1. The molecule has 0 aliphatic carbocycles. The molecule has 2 aromatic heterocycles. The number of methoxy groups -OCH3 is 1. The van der Waals surface area contributed by atoms with Gasteiger partial charge in [0.25, 0.3) is 17.4 Å². The zero-order chi connectivity index (χ0) is 31.7. The van der Waals surface area contributed by atoms with Crippen LogP contribution >= 0.6 is 0 Å². The number of carbonyl (C=O) groups excluding carboxylic acids is 2. The molecule has 0 aliphatic heterocycles. The standard InChI is InChI=1S/C29H28F4N6O5/c1-43-26(20-7-3-2-4-8-20)28(42)35-22-11-13-38(25(40)15-22)12-10-21(30)17-39-18-24(36-37-39)27(41)34-16-19-6-5-9-23(14-19)44-29(31,32)33/h2-9,11,13-15,18,21,26H,10,12,16-17H2,1H3,(H,34,41)(H,35,42)/t21?,26-/m0/s1. The van der Waals surface area contributed by atoms with Crippen molar-refractivity contribution in [1.82, 2.24) is 24.9 Å². The number of hydrogen-bond acceptors (Lipinski definition) is 7. The number of carbonyl (C=O) groups is 2. The van der Waals surface area contributed by atoms with Crippen molar-refractivity contribution in [3.8, 4) is 5.75 Å². The Labute approximate surface area is 248 Å². The van der Waals surface area contributed by atoms with Crippen molar-refractivity contribution in [3.63, 3.8) is 0 Å². The lowest BCUT2D eigenvalue weighted by Gasteiger charge is -2.16. The van der Waals surface area contributed by atoms with E-state index >= 15 is 0 Å². The first-order chi connectivity index (χ1) is 21.0. The van der Waals surface area contributed by atoms with E-state index in [9.17, 15) is 31.9 Å². The van der Waals surface area contributed by atoms with Crippen LogP contribution in [0, 0.1) is 0 Å². The minimum atomic E-state index is -4.84. The zero-order valence-corrected chi connectivity index (χ0v) is 23.3. The highest BCUT2D eigenvalue weighted by molar-refractivity contribution is 5.94. The minimum Gasteiger partial charge on any atom is -0.406 e. The molecule has 44 heavy (non-hydrogen) atoms. The van der Waals surface area contributed by atoms with Gasteiger partial charge in [0.2, 0.25) is 0 Å². The number of nitrogens with one attached hydrogen (secondary N) is 2. The Morgan fingerprint density at radius 2 is 1.82 bits per heavy atom. The predicted octanol–water partition coefficient (Wildman–Crippen LogP) is 4.02. The van der Waals surface area contributed by atoms with Crippen LogP contribution in [0.3, 0.4) is 0 Å². The molecule has 15 heteroatoms. The summed E-state index contributed by atoms with van der Waals surface area (Å²) in [5.41, 5.74) is 0.713. The van der Waals surface area contributed by atoms with Crippen molar-refractivity contribution in [2.45, 2.75) is 44.7 Å². The molecule has 2 aromatic carbocycles. The summed E-state index contributed by atoms with van der Waals surface area (Å²) in [7, 11) is 1.40. The number of aryl methyl sites for hydroxylation is 1. The van der Waals surface area contributed by atoms with Crippen LogP contribution in [-0.2, 0) is 29.2 Å². The molecular weight excluding hydrogens is 588 g/mol. The van der Waals surface area contributed by atoms with Gasteiger partial charge in [0.1, 0.15) is 11.9 Å². The first kappa shape index (κ1) is 31.9. The number of pyridine rings is 1. The average Bonchev–Trinajstić information content (AvgIpc) is 3.44. The molecule has 2 heterocycles. The third-order valence-electron chi connectivity index (χ3n) is 6.26. The summed E-state index contributed by atoms with van der Waals surface area (Å²) in [6, 6.07) is 16.7. The SMILES string of the molecule is CO[C@H](C(=O)Nc1ccn(CCC(F)Cn2cc(C(=O)NCc3cccc(OC(F)(F)F)c3)nn2)c(=O)c1)c1ccccc1. The van der Waals surface area contributed by atoms with Gasteiger partial charge in [0.05, 0.1) is 12.7 Å². The third kappa shape index (κ3) is 9.22. The van der Waals surface area contributed by atoms with E-state index in [2.05, 4.69) is 25.7 Å². The molecule has 1 unspecified atom stereocenters. The molecule has 2 N–H and O–H groups in total. The number of hydrogen-bond donors (Lipinski definition) is 2. The largest absolute Gasteiger partial charge is 0.573 e. The van der Waals surface area contributed by atoms with Crippen LogP contribution in [0.5, 0.6) is 5.75 Å². The molecule has 2 amide bonds. The summed E-state index contributed by atoms with van der Waals surface area (Å²) in [5.74, 6) is -1.54. The van der Waals surface area contributed by atoms with Crippen LogP contribution in [0.2, 0.25) is 0 Å². The molecule has 4 aromatic rings. The first-order valence-corrected chi connectivity index (χ1v) is 13.3. The van der Waals surface area contributed by atoms with E-state index in [1.165, 1.54) is 48.3 Å². The Morgan fingerprint density at radius 1 is 1.05 bits per heavy atom. The molecule has 0 spiro atoms.